The van der Waals surface area contributed by atoms with Crippen molar-refractivity contribution in [2.24, 2.45) is 0 Å². The van der Waals surface area contributed by atoms with Crippen molar-refractivity contribution >= 4 is 44.0 Å². The van der Waals surface area contributed by atoms with Crippen LogP contribution in [0.5, 0.6) is 0 Å². The topological polar surface area (TPSA) is 60.7 Å². The molecule has 2 aromatic heterocycles. The first-order chi connectivity index (χ1) is 10.6. The maximum Gasteiger partial charge on any atom is 0.312 e. The third kappa shape index (κ3) is 3.42. The fraction of sp³-hybridized carbons (Fsp3) is 0.133. The summed E-state index contributed by atoms with van der Waals surface area (Å²) in [6, 6.07) is 6.91. The lowest BCUT2D eigenvalue weighted by atomic mass is 10.1. The molecule has 0 aliphatic rings. The van der Waals surface area contributed by atoms with Crippen LogP contribution >= 0.6 is 27.3 Å². The Labute approximate surface area is 138 Å². The van der Waals surface area contributed by atoms with Crippen molar-refractivity contribution in [1.82, 2.24) is 9.38 Å². The van der Waals surface area contributed by atoms with Gasteiger partial charge in [0.05, 0.1) is 12.1 Å². The van der Waals surface area contributed by atoms with Gasteiger partial charge in [-0.25, -0.2) is 4.98 Å². The number of ether oxygens (including phenoxy) is 1. The van der Waals surface area contributed by atoms with Gasteiger partial charge in [-0.2, -0.15) is 0 Å². The summed E-state index contributed by atoms with van der Waals surface area (Å²) in [5.74, 6) is -0.692. The van der Waals surface area contributed by atoms with Crippen molar-refractivity contribution in [2.45, 2.75) is 6.42 Å². The van der Waals surface area contributed by atoms with Gasteiger partial charge < -0.3 is 4.74 Å². The molecule has 0 radical (unpaired) electrons. The van der Waals surface area contributed by atoms with Crippen molar-refractivity contribution in [2.75, 3.05) is 6.61 Å². The van der Waals surface area contributed by atoms with Crippen LogP contribution in [0.2, 0.25) is 0 Å². The number of hydrogen-bond donors (Lipinski definition) is 0. The zero-order valence-corrected chi connectivity index (χ0v) is 13.8. The van der Waals surface area contributed by atoms with Gasteiger partial charge in [-0.1, -0.05) is 28.1 Å². The number of ketones is 1. The van der Waals surface area contributed by atoms with Crippen molar-refractivity contribution in [3.63, 3.8) is 0 Å². The number of rotatable bonds is 5. The second-order valence-corrected chi connectivity index (χ2v) is 6.38. The molecule has 0 fully saturated rings. The number of imidazole rings is 1. The molecule has 0 bridgehead atoms. The number of benzene rings is 1. The standard InChI is InChI=1S/C15H11BrN2O3S/c16-11-3-1-10(2-4-11)13(19)9-21-14(20)7-12-8-18-5-6-22-15(18)17-12/h1-6,8H,7,9H2. The van der Waals surface area contributed by atoms with Crippen LogP contribution in [0, 0.1) is 0 Å². The SMILES string of the molecule is O=C(Cc1cn2ccsc2n1)OCC(=O)c1ccc(Br)cc1. The first kappa shape index (κ1) is 14.9. The van der Waals surface area contributed by atoms with Gasteiger partial charge in [-0.3, -0.25) is 14.0 Å². The van der Waals surface area contributed by atoms with E-state index in [1.807, 2.05) is 16.0 Å². The molecule has 7 heteroatoms. The molecule has 112 valence electrons. The first-order valence-electron chi connectivity index (χ1n) is 6.47. The van der Waals surface area contributed by atoms with Crippen LogP contribution in [0.25, 0.3) is 4.96 Å². The van der Waals surface area contributed by atoms with Gasteiger partial charge in [0.2, 0.25) is 0 Å². The molecule has 3 rings (SSSR count). The van der Waals surface area contributed by atoms with Crippen LogP contribution in [0.1, 0.15) is 16.1 Å². The Kier molecular flexibility index (Phi) is 4.35. The van der Waals surface area contributed by atoms with Crippen LogP contribution in [-0.4, -0.2) is 27.7 Å². The van der Waals surface area contributed by atoms with Crippen LogP contribution in [-0.2, 0) is 16.0 Å². The third-order valence-electron chi connectivity index (χ3n) is 3.00. The van der Waals surface area contributed by atoms with E-state index in [0.717, 1.165) is 9.43 Å². The molecular formula is C15H11BrN2O3S. The number of carbonyl (C=O) groups excluding carboxylic acids is 2. The highest BCUT2D eigenvalue weighted by molar-refractivity contribution is 9.10. The smallest absolute Gasteiger partial charge is 0.312 e. The number of nitrogens with zero attached hydrogens (tertiary/aromatic N) is 2. The second-order valence-electron chi connectivity index (χ2n) is 4.59. The molecule has 0 unspecified atom stereocenters. The molecular weight excluding hydrogens is 368 g/mol. The van der Waals surface area contributed by atoms with E-state index in [0.29, 0.717) is 11.3 Å². The highest BCUT2D eigenvalue weighted by Crippen LogP contribution is 2.13. The molecule has 0 saturated carbocycles. The molecule has 5 nitrogen and oxygen atoms in total. The Morgan fingerprint density at radius 3 is 2.77 bits per heavy atom. The highest BCUT2D eigenvalue weighted by Gasteiger charge is 2.12. The molecule has 1 aromatic carbocycles. The van der Waals surface area contributed by atoms with Crippen LogP contribution in [0.4, 0.5) is 0 Å². The monoisotopic (exact) mass is 378 g/mol. The number of fused-ring (bicyclic) bond motifs is 1. The Morgan fingerprint density at radius 2 is 2.05 bits per heavy atom. The number of aromatic nitrogens is 2. The summed E-state index contributed by atoms with van der Waals surface area (Å²) in [4.78, 5) is 28.8. The van der Waals surface area contributed by atoms with Crippen LogP contribution in [0.15, 0.2) is 46.5 Å². The van der Waals surface area contributed by atoms with Gasteiger partial charge in [-0.05, 0) is 12.1 Å². The van der Waals surface area contributed by atoms with Crippen molar-refractivity contribution < 1.29 is 14.3 Å². The van der Waals surface area contributed by atoms with Crippen LogP contribution < -0.4 is 0 Å². The predicted molar refractivity (Wildman–Crippen MR) is 86.2 cm³/mol. The Morgan fingerprint density at radius 1 is 1.27 bits per heavy atom. The zero-order valence-electron chi connectivity index (χ0n) is 11.4. The van der Waals surface area contributed by atoms with E-state index in [1.54, 1.807) is 30.5 Å². The Bertz CT molecular complexity index is 794. The largest absolute Gasteiger partial charge is 0.457 e. The lowest BCUT2D eigenvalue weighted by molar-refractivity contribution is -0.141. The van der Waals surface area contributed by atoms with Crippen LogP contribution in [0.3, 0.4) is 0 Å². The number of thiazole rings is 1. The van der Waals surface area contributed by atoms with Crippen molar-refractivity contribution in [3.05, 3.63) is 57.8 Å². The molecule has 0 saturated heterocycles. The van der Waals surface area contributed by atoms with Gasteiger partial charge in [0, 0.05) is 27.8 Å². The number of Topliss-reactive ketones (excluding diaryl/α,β-unsaturated/α-hetero) is 1. The summed E-state index contributed by atoms with van der Waals surface area (Å²) in [5.41, 5.74) is 1.14. The fourth-order valence-corrected chi connectivity index (χ4v) is 2.91. The Balaban J connectivity index is 1.54. The number of hydrogen-bond acceptors (Lipinski definition) is 5. The normalized spacial score (nSPS) is 10.8. The van der Waals surface area contributed by atoms with Gasteiger partial charge in [0.1, 0.15) is 0 Å². The van der Waals surface area contributed by atoms with Gasteiger partial charge in [0.25, 0.3) is 0 Å². The van der Waals surface area contributed by atoms with E-state index in [1.165, 1.54) is 11.3 Å². The predicted octanol–water partition coefficient (Wildman–Crippen LogP) is 3.13. The first-order valence-corrected chi connectivity index (χ1v) is 8.14. The molecule has 0 N–H and O–H groups in total. The number of carbonyl (C=O) groups is 2. The lowest BCUT2D eigenvalue weighted by Crippen LogP contribution is -2.15. The zero-order chi connectivity index (χ0) is 15.5. The summed E-state index contributed by atoms with van der Waals surface area (Å²) in [7, 11) is 0. The third-order valence-corrected chi connectivity index (χ3v) is 4.30. The summed E-state index contributed by atoms with van der Waals surface area (Å²) in [6.45, 7) is -0.261. The fourth-order valence-electron chi connectivity index (χ4n) is 1.93. The quantitative estimate of drug-likeness (QED) is 0.505. The molecule has 0 atom stereocenters. The molecule has 2 heterocycles. The average molecular weight is 379 g/mol. The lowest BCUT2D eigenvalue weighted by Gasteiger charge is -2.03. The number of esters is 1. The minimum atomic E-state index is -0.462. The van der Waals surface area contributed by atoms with E-state index in [9.17, 15) is 9.59 Å². The van der Waals surface area contributed by atoms with Crippen molar-refractivity contribution in [1.29, 1.82) is 0 Å². The maximum atomic E-state index is 11.9. The van der Waals surface area contributed by atoms with E-state index >= 15 is 0 Å². The average Bonchev–Trinajstić information content (AvgIpc) is 3.06. The van der Waals surface area contributed by atoms with Gasteiger partial charge in [0.15, 0.2) is 17.4 Å². The summed E-state index contributed by atoms with van der Waals surface area (Å²) < 4.78 is 7.76. The number of halogens is 1. The molecule has 0 spiro atoms. The Hall–Kier alpha value is -1.99. The summed E-state index contributed by atoms with van der Waals surface area (Å²) >= 11 is 4.79. The van der Waals surface area contributed by atoms with Crippen molar-refractivity contribution in [3.8, 4) is 0 Å². The highest BCUT2D eigenvalue weighted by atomic mass is 79.9. The minimum absolute atomic E-state index is 0.0576. The molecule has 22 heavy (non-hydrogen) atoms. The van der Waals surface area contributed by atoms with E-state index in [4.69, 9.17) is 4.74 Å². The molecule has 0 amide bonds. The molecule has 0 aliphatic heterocycles. The van der Waals surface area contributed by atoms with Gasteiger partial charge in [-0.15, -0.1) is 11.3 Å². The molecule has 3 aromatic rings. The summed E-state index contributed by atoms with van der Waals surface area (Å²) in [5, 5.41) is 1.92. The minimum Gasteiger partial charge on any atom is -0.457 e. The maximum absolute atomic E-state index is 11.9. The van der Waals surface area contributed by atoms with Gasteiger partial charge >= 0.3 is 5.97 Å². The van der Waals surface area contributed by atoms with E-state index in [-0.39, 0.29) is 18.8 Å². The second kappa shape index (κ2) is 6.41. The van der Waals surface area contributed by atoms with E-state index in [2.05, 4.69) is 20.9 Å². The summed E-state index contributed by atoms with van der Waals surface area (Å²) in [6.07, 6.45) is 3.71. The van der Waals surface area contributed by atoms with E-state index < -0.39 is 5.97 Å². The molecule has 0 aliphatic carbocycles.